The van der Waals surface area contributed by atoms with E-state index in [1.165, 1.54) is 0 Å². The molecule has 0 unspecified atom stereocenters. The van der Waals surface area contributed by atoms with Gasteiger partial charge in [-0.3, -0.25) is 0 Å². The molecule has 3 atom stereocenters. The number of fused-ring (bicyclic) bond motifs is 2. The van der Waals surface area contributed by atoms with Gasteiger partial charge in [-0.25, -0.2) is 0 Å². The number of hydrogen-bond donors (Lipinski definition) is 2. The topological polar surface area (TPSA) is 49.7 Å². The summed E-state index contributed by atoms with van der Waals surface area (Å²) < 4.78 is 5.84. The minimum absolute atomic E-state index is 0.0963. The zero-order valence-corrected chi connectivity index (χ0v) is 8.12. The van der Waals surface area contributed by atoms with Crippen LogP contribution >= 0.6 is 0 Å². The average molecular weight is 186 g/mol. The van der Waals surface area contributed by atoms with Crippen LogP contribution in [-0.4, -0.2) is 34.6 Å². The van der Waals surface area contributed by atoms with Crippen LogP contribution in [0.2, 0.25) is 0 Å². The number of aliphatic hydroxyl groups excluding tert-OH is 2. The Morgan fingerprint density at radius 2 is 1.62 bits per heavy atom. The van der Waals surface area contributed by atoms with Gasteiger partial charge in [0.1, 0.15) is 0 Å². The van der Waals surface area contributed by atoms with Crippen LogP contribution in [0, 0.1) is 5.92 Å². The van der Waals surface area contributed by atoms with Crippen molar-refractivity contribution in [1.29, 1.82) is 0 Å². The predicted molar refractivity (Wildman–Crippen MR) is 48.4 cm³/mol. The van der Waals surface area contributed by atoms with E-state index in [-0.39, 0.29) is 24.4 Å². The summed E-state index contributed by atoms with van der Waals surface area (Å²) in [5, 5.41) is 18.6. The normalized spacial score (nSPS) is 49.6. The SMILES string of the molecule is C[C@H]1C[C@]2(CO)CC[C@](CO)(C1)O2. The van der Waals surface area contributed by atoms with Crippen LogP contribution in [0.5, 0.6) is 0 Å². The third-order valence-corrected chi connectivity index (χ3v) is 3.49. The second kappa shape index (κ2) is 2.94. The zero-order chi connectivity index (χ0) is 9.53. The Hall–Kier alpha value is -0.120. The van der Waals surface area contributed by atoms with E-state index in [2.05, 4.69) is 6.92 Å². The van der Waals surface area contributed by atoms with Gasteiger partial charge in [-0.15, -0.1) is 0 Å². The van der Waals surface area contributed by atoms with E-state index < -0.39 is 0 Å². The highest BCUT2D eigenvalue weighted by Gasteiger charge is 2.53. The highest BCUT2D eigenvalue weighted by atomic mass is 16.6. The summed E-state index contributed by atoms with van der Waals surface area (Å²) in [6.45, 7) is 2.36. The molecule has 0 radical (unpaired) electrons. The van der Waals surface area contributed by atoms with E-state index in [0.717, 1.165) is 25.7 Å². The van der Waals surface area contributed by atoms with Gasteiger partial charge in [0, 0.05) is 0 Å². The Morgan fingerprint density at radius 1 is 1.15 bits per heavy atom. The molecule has 2 heterocycles. The molecule has 0 aliphatic carbocycles. The van der Waals surface area contributed by atoms with Gasteiger partial charge in [-0.1, -0.05) is 6.92 Å². The quantitative estimate of drug-likeness (QED) is 0.667. The molecule has 3 heteroatoms. The molecule has 2 aliphatic rings. The Morgan fingerprint density at radius 3 is 2.00 bits per heavy atom. The average Bonchev–Trinajstić information content (AvgIpc) is 2.41. The van der Waals surface area contributed by atoms with Crippen LogP contribution in [0.3, 0.4) is 0 Å². The monoisotopic (exact) mass is 186 g/mol. The summed E-state index contributed by atoms with van der Waals surface area (Å²) in [6.07, 6.45) is 3.67. The smallest absolute Gasteiger partial charge is 0.0924 e. The van der Waals surface area contributed by atoms with Gasteiger partial charge in [-0.05, 0) is 31.6 Å². The summed E-state index contributed by atoms with van der Waals surface area (Å²) >= 11 is 0. The van der Waals surface area contributed by atoms with Gasteiger partial charge >= 0.3 is 0 Å². The molecule has 2 fully saturated rings. The first-order chi connectivity index (χ1) is 6.14. The molecule has 3 nitrogen and oxygen atoms in total. The van der Waals surface area contributed by atoms with Gasteiger partial charge in [0.2, 0.25) is 0 Å². The minimum atomic E-state index is -0.333. The van der Waals surface area contributed by atoms with Crippen molar-refractivity contribution in [3.05, 3.63) is 0 Å². The standard InChI is InChI=1S/C10H18O3/c1-8-4-9(6-11)2-3-10(5-8,7-12)13-9/h8,11-12H,2-7H2,1H3/t8-,9-,10+. The maximum Gasteiger partial charge on any atom is 0.0924 e. The fourth-order valence-corrected chi connectivity index (χ4v) is 3.00. The summed E-state index contributed by atoms with van der Waals surface area (Å²) in [7, 11) is 0. The second-order valence-electron chi connectivity index (χ2n) is 4.80. The minimum Gasteiger partial charge on any atom is -0.393 e. The first-order valence-corrected chi connectivity index (χ1v) is 5.06. The molecule has 0 aromatic carbocycles. The number of ether oxygens (including phenoxy) is 1. The van der Waals surface area contributed by atoms with Crippen LogP contribution in [0.25, 0.3) is 0 Å². The van der Waals surface area contributed by atoms with E-state index in [0.29, 0.717) is 5.92 Å². The molecule has 13 heavy (non-hydrogen) atoms. The maximum atomic E-state index is 9.29. The molecule has 0 saturated carbocycles. The molecule has 2 saturated heterocycles. The number of rotatable bonds is 2. The van der Waals surface area contributed by atoms with Crippen molar-refractivity contribution in [2.75, 3.05) is 13.2 Å². The number of hydrogen-bond acceptors (Lipinski definition) is 3. The first kappa shape index (κ1) is 9.44. The number of aliphatic hydroxyl groups is 2. The van der Waals surface area contributed by atoms with E-state index >= 15 is 0 Å². The van der Waals surface area contributed by atoms with Crippen molar-refractivity contribution in [2.24, 2.45) is 5.92 Å². The van der Waals surface area contributed by atoms with Gasteiger partial charge in [0.15, 0.2) is 0 Å². The Bertz CT molecular complexity index is 186. The van der Waals surface area contributed by atoms with Gasteiger partial charge in [0.25, 0.3) is 0 Å². The van der Waals surface area contributed by atoms with Crippen molar-refractivity contribution in [2.45, 2.75) is 43.8 Å². The van der Waals surface area contributed by atoms with E-state index in [1.54, 1.807) is 0 Å². The zero-order valence-electron chi connectivity index (χ0n) is 8.12. The highest BCUT2D eigenvalue weighted by Crippen LogP contribution is 2.49. The molecule has 0 aromatic heterocycles. The lowest BCUT2D eigenvalue weighted by Gasteiger charge is -2.41. The lowest BCUT2D eigenvalue weighted by atomic mass is 9.85. The van der Waals surface area contributed by atoms with Gasteiger partial charge in [0.05, 0.1) is 24.4 Å². The largest absolute Gasteiger partial charge is 0.393 e. The van der Waals surface area contributed by atoms with Crippen LogP contribution in [0.4, 0.5) is 0 Å². The van der Waals surface area contributed by atoms with Crippen LogP contribution in [0.1, 0.15) is 32.6 Å². The summed E-state index contributed by atoms with van der Waals surface area (Å²) in [5.74, 6) is 0.551. The van der Waals surface area contributed by atoms with E-state index in [9.17, 15) is 10.2 Å². The second-order valence-corrected chi connectivity index (χ2v) is 4.80. The highest BCUT2D eigenvalue weighted by molar-refractivity contribution is 5.02. The Balaban J connectivity index is 2.20. The molecule has 2 aliphatic heterocycles. The van der Waals surface area contributed by atoms with Crippen molar-refractivity contribution in [3.8, 4) is 0 Å². The summed E-state index contributed by atoms with van der Waals surface area (Å²) in [5.41, 5.74) is -0.666. The maximum absolute atomic E-state index is 9.29. The molecule has 2 bridgehead atoms. The van der Waals surface area contributed by atoms with Crippen LogP contribution < -0.4 is 0 Å². The van der Waals surface area contributed by atoms with Crippen LogP contribution in [-0.2, 0) is 4.74 Å². The van der Waals surface area contributed by atoms with Crippen LogP contribution in [0.15, 0.2) is 0 Å². The molecule has 2 N–H and O–H groups in total. The van der Waals surface area contributed by atoms with Crippen molar-refractivity contribution >= 4 is 0 Å². The van der Waals surface area contributed by atoms with Gasteiger partial charge < -0.3 is 14.9 Å². The fourth-order valence-electron chi connectivity index (χ4n) is 3.00. The Kier molecular flexibility index (Phi) is 2.13. The summed E-state index contributed by atoms with van der Waals surface area (Å²) in [6, 6.07) is 0. The summed E-state index contributed by atoms with van der Waals surface area (Å²) in [4.78, 5) is 0. The van der Waals surface area contributed by atoms with Crippen molar-refractivity contribution in [1.82, 2.24) is 0 Å². The fraction of sp³-hybridized carbons (Fsp3) is 1.00. The lowest BCUT2D eigenvalue weighted by Crippen LogP contribution is -2.47. The Labute approximate surface area is 78.7 Å². The molecule has 2 rings (SSSR count). The van der Waals surface area contributed by atoms with Crippen molar-refractivity contribution in [3.63, 3.8) is 0 Å². The molecule has 76 valence electrons. The molecular weight excluding hydrogens is 168 g/mol. The predicted octanol–water partition coefficient (Wildman–Crippen LogP) is 0.689. The third-order valence-electron chi connectivity index (χ3n) is 3.49. The van der Waals surface area contributed by atoms with Crippen molar-refractivity contribution < 1.29 is 14.9 Å². The lowest BCUT2D eigenvalue weighted by molar-refractivity contribution is -0.184. The van der Waals surface area contributed by atoms with E-state index in [1.807, 2.05) is 0 Å². The van der Waals surface area contributed by atoms with E-state index in [4.69, 9.17) is 4.74 Å². The molecule has 0 aromatic rings. The molecule has 0 spiro atoms. The molecule has 0 amide bonds. The molecular formula is C10H18O3. The van der Waals surface area contributed by atoms with Gasteiger partial charge in [-0.2, -0.15) is 0 Å². The first-order valence-electron chi connectivity index (χ1n) is 5.06. The third kappa shape index (κ3) is 1.39.